The van der Waals surface area contributed by atoms with Crippen molar-refractivity contribution in [2.24, 2.45) is 0 Å². The van der Waals surface area contributed by atoms with Crippen molar-refractivity contribution in [1.29, 1.82) is 0 Å². The van der Waals surface area contributed by atoms with Crippen molar-refractivity contribution in [2.75, 3.05) is 65.3 Å². The van der Waals surface area contributed by atoms with Gasteiger partial charge < -0.3 is 20.0 Å². The van der Waals surface area contributed by atoms with E-state index < -0.39 is 0 Å². The molecule has 1 aliphatic rings. The van der Waals surface area contributed by atoms with Crippen LogP contribution in [0.25, 0.3) is 0 Å². The number of amides is 1. The second kappa shape index (κ2) is 9.45. The Morgan fingerprint density at radius 1 is 1.17 bits per heavy atom. The van der Waals surface area contributed by atoms with E-state index in [0.29, 0.717) is 6.54 Å². The van der Waals surface area contributed by atoms with Gasteiger partial charge in [0.1, 0.15) is 0 Å². The molecule has 0 saturated carbocycles. The molecule has 1 aromatic carbocycles. The van der Waals surface area contributed by atoms with Gasteiger partial charge in [-0.25, -0.2) is 0 Å². The quantitative estimate of drug-likeness (QED) is 0.763. The van der Waals surface area contributed by atoms with Gasteiger partial charge in [-0.05, 0) is 45.3 Å². The highest BCUT2D eigenvalue weighted by molar-refractivity contribution is 5.87. The van der Waals surface area contributed by atoms with Crippen LogP contribution in [0.1, 0.15) is 5.56 Å². The number of rotatable bonds is 7. The third-order valence-electron chi connectivity index (χ3n) is 4.26. The SMILES string of the molecule is CN(C)C/C=C/C(=O)NCCc1ccc(N2CCN(C)CC2)cc1. The molecule has 132 valence electrons. The van der Waals surface area contributed by atoms with Crippen LogP contribution >= 0.6 is 0 Å². The molecule has 0 spiro atoms. The Kier molecular flexibility index (Phi) is 7.28. The van der Waals surface area contributed by atoms with Gasteiger partial charge in [-0.15, -0.1) is 0 Å². The highest BCUT2D eigenvalue weighted by Gasteiger charge is 2.13. The summed E-state index contributed by atoms with van der Waals surface area (Å²) in [6, 6.07) is 8.72. The van der Waals surface area contributed by atoms with Crippen LogP contribution in [0.2, 0.25) is 0 Å². The summed E-state index contributed by atoms with van der Waals surface area (Å²) in [4.78, 5) is 18.5. The van der Waals surface area contributed by atoms with E-state index in [0.717, 1.165) is 39.1 Å². The summed E-state index contributed by atoms with van der Waals surface area (Å²) in [6.45, 7) is 5.86. The van der Waals surface area contributed by atoms with Gasteiger partial charge in [0.15, 0.2) is 0 Å². The molecule has 0 bridgehead atoms. The zero-order valence-electron chi connectivity index (χ0n) is 15.2. The average Bonchev–Trinajstić information content (AvgIpc) is 2.56. The van der Waals surface area contributed by atoms with Crippen LogP contribution in [0, 0.1) is 0 Å². The van der Waals surface area contributed by atoms with Crippen LogP contribution in [-0.2, 0) is 11.2 Å². The van der Waals surface area contributed by atoms with Gasteiger partial charge in [-0.3, -0.25) is 4.79 Å². The first-order valence-corrected chi connectivity index (χ1v) is 8.66. The van der Waals surface area contributed by atoms with Crippen LogP contribution in [0.15, 0.2) is 36.4 Å². The molecule has 0 radical (unpaired) electrons. The summed E-state index contributed by atoms with van der Waals surface area (Å²) in [5.41, 5.74) is 2.55. The van der Waals surface area contributed by atoms with Gasteiger partial charge in [0.05, 0.1) is 0 Å². The summed E-state index contributed by atoms with van der Waals surface area (Å²) < 4.78 is 0. The molecule has 0 aliphatic carbocycles. The monoisotopic (exact) mass is 330 g/mol. The first-order chi connectivity index (χ1) is 11.5. The molecular formula is C19H30N4O. The Morgan fingerprint density at radius 3 is 2.46 bits per heavy atom. The standard InChI is InChI=1S/C19H30N4O/c1-21(2)12-4-5-19(24)20-11-10-17-6-8-18(9-7-17)23-15-13-22(3)14-16-23/h4-9H,10-16H2,1-3H3,(H,20,24)/b5-4+. The molecule has 24 heavy (non-hydrogen) atoms. The Balaban J connectivity index is 1.72. The lowest BCUT2D eigenvalue weighted by atomic mass is 10.1. The second-order valence-electron chi connectivity index (χ2n) is 6.66. The number of anilines is 1. The third kappa shape index (κ3) is 6.34. The summed E-state index contributed by atoms with van der Waals surface area (Å²) in [5, 5.41) is 2.93. The largest absolute Gasteiger partial charge is 0.369 e. The number of piperazine rings is 1. The van der Waals surface area contributed by atoms with E-state index in [1.54, 1.807) is 6.08 Å². The fourth-order valence-corrected chi connectivity index (χ4v) is 2.70. The zero-order valence-corrected chi connectivity index (χ0v) is 15.2. The lowest BCUT2D eigenvalue weighted by molar-refractivity contribution is -0.116. The summed E-state index contributed by atoms with van der Waals surface area (Å²) in [7, 11) is 6.13. The molecule has 1 aromatic rings. The van der Waals surface area contributed by atoms with Crippen molar-refractivity contribution < 1.29 is 4.79 Å². The molecule has 1 fully saturated rings. The molecule has 5 heteroatoms. The fourth-order valence-electron chi connectivity index (χ4n) is 2.70. The van der Waals surface area contributed by atoms with Crippen LogP contribution in [0.5, 0.6) is 0 Å². The minimum Gasteiger partial charge on any atom is -0.369 e. The Bertz CT molecular complexity index is 531. The summed E-state index contributed by atoms with van der Waals surface area (Å²) >= 11 is 0. The number of benzene rings is 1. The first kappa shape index (κ1) is 18.5. The van der Waals surface area contributed by atoms with E-state index in [1.807, 2.05) is 25.1 Å². The number of carbonyl (C=O) groups excluding carboxylic acids is 1. The first-order valence-electron chi connectivity index (χ1n) is 8.66. The van der Waals surface area contributed by atoms with Gasteiger partial charge in [0, 0.05) is 51.0 Å². The minimum atomic E-state index is -0.0223. The third-order valence-corrected chi connectivity index (χ3v) is 4.26. The number of likely N-dealkylation sites (N-methyl/N-ethyl adjacent to an activating group) is 2. The lowest BCUT2D eigenvalue weighted by Gasteiger charge is -2.34. The van der Waals surface area contributed by atoms with Gasteiger partial charge in [0.25, 0.3) is 0 Å². The number of hydrogen-bond acceptors (Lipinski definition) is 4. The predicted molar refractivity (Wildman–Crippen MR) is 101 cm³/mol. The van der Waals surface area contributed by atoms with E-state index in [2.05, 4.69) is 46.4 Å². The Morgan fingerprint density at radius 2 is 1.83 bits per heavy atom. The minimum absolute atomic E-state index is 0.0223. The van der Waals surface area contributed by atoms with Crippen LogP contribution < -0.4 is 10.2 Å². The van der Waals surface area contributed by atoms with Crippen molar-refractivity contribution in [3.05, 3.63) is 42.0 Å². The second-order valence-corrected chi connectivity index (χ2v) is 6.66. The maximum Gasteiger partial charge on any atom is 0.243 e. The normalized spacial score (nSPS) is 16.1. The van der Waals surface area contributed by atoms with Gasteiger partial charge in [-0.1, -0.05) is 18.2 Å². The fraction of sp³-hybridized carbons (Fsp3) is 0.526. The molecule has 1 amide bonds. The maximum atomic E-state index is 11.7. The number of hydrogen-bond donors (Lipinski definition) is 1. The van der Waals surface area contributed by atoms with E-state index in [-0.39, 0.29) is 5.91 Å². The predicted octanol–water partition coefficient (Wildman–Crippen LogP) is 1.21. The molecule has 0 atom stereocenters. The van der Waals surface area contributed by atoms with E-state index in [1.165, 1.54) is 11.3 Å². The van der Waals surface area contributed by atoms with Crippen molar-refractivity contribution in [1.82, 2.24) is 15.1 Å². The molecule has 1 saturated heterocycles. The van der Waals surface area contributed by atoms with E-state index in [4.69, 9.17) is 0 Å². The lowest BCUT2D eigenvalue weighted by Crippen LogP contribution is -2.44. The molecule has 0 aromatic heterocycles. The van der Waals surface area contributed by atoms with Gasteiger partial charge in [-0.2, -0.15) is 0 Å². The molecular weight excluding hydrogens is 300 g/mol. The van der Waals surface area contributed by atoms with Gasteiger partial charge in [0.2, 0.25) is 5.91 Å². The van der Waals surface area contributed by atoms with Crippen LogP contribution in [0.3, 0.4) is 0 Å². The molecule has 1 N–H and O–H groups in total. The Hall–Kier alpha value is -1.85. The smallest absolute Gasteiger partial charge is 0.243 e. The number of nitrogens with zero attached hydrogens (tertiary/aromatic N) is 3. The number of nitrogens with one attached hydrogen (secondary N) is 1. The van der Waals surface area contributed by atoms with Gasteiger partial charge >= 0.3 is 0 Å². The van der Waals surface area contributed by atoms with Crippen molar-refractivity contribution in [3.63, 3.8) is 0 Å². The molecule has 5 nitrogen and oxygen atoms in total. The molecule has 1 aliphatic heterocycles. The highest BCUT2D eigenvalue weighted by Crippen LogP contribution is 2.17. The van der Waals surface area contributed by atoms with E-state index in [9.17, 15) is 4.79 Å². The van der Waals surface area contributed by atoms with Crippen molar-refractivity contribution in [2.45, 2.75) is 6.42 Å². The summed E-state index contributed by atoms with van der Waals surface area (Å²) in [6.07, 6.45) is 4.34. The summed E-state index contributed by atoms with van der Waals surface area (Å²) in [5.74, 6) is -0.0223. The maximum absolute atomic E-state index is 11.7. The average molecular weight is 330 g/mol. The van der Waals surface area contributed by atoms with Crippen molar-refractivity contribution >= 4 is 11.6 Å². The van der Waals surface area contributed by atoms with E-state index >= 15 is 0 Å². The Labute approximate surface area is 145 Å². The molecule has 0 unspecified atom stereocenters. The van der Waals surface area contributed by atoms with Crippen LogP contribution in [-0.4, -0.2) is 76.1 Å². The van der Waals surface area contributed by atoms with Crippen molar-refractivity contribution in [3.8, 4) is 0 Å². The topological polar surface area (TPSA) is 38.8 Å². The van der Waals surface area contributed by atoms with Crippen LogP contribution in [0.4, 0.5) is 5.69 Å². The molecule has 1 heterocycles. The highest BCUT2D eigenvalue weighted by atomic mass is 16.1. The zero-order chi connectivity index (χ0) is 17.4. The molecule has 2 rings (SSSR count). The number of carbonyl (C=O) groups is 1.